The van der Waals surface area contributed by atoms with Crippen LogP contribution in [-0.2, 0) is 6.18 Å². The predicted molar refractivity (Wildman–Crippen MR) is 200 cm³/mol. The van der Waals surface area contributed by atoms with Gasteiger partial charge >= 0.3 is 6.18 Å². The van der Waals surface area contributed by atoms with Gasteiger partial charge in [-0.3, -0.25) is 8.80 Å². The zero-order chi connectivity index (χ0) is 35.5. The molecule has 0 atom stereocenters. The van der Waals surface area contributed by atoms with Gasteiger partial charge in [0.05, 0.1) is 39.7 Å². The van der Waals surface area contributed by atoms with Crippen molar-refractivity contribution in [3.8, 4) is 22.5 Å². The number of hydrogen-bond acceptors (Lipinski definition) is 10. The third kappa shape index (κ3) is 7.57. The van der Waals surface area contributed by atoms with Crippen molar-refractivity contribution in [1.82, 2.24) is 38.7 Å². The lowest BCUT2D eigenvalue weighted by molar-refractivity contribution is -0.137. The molecule has 8 aromatic rings. The summed E-state index contributed by atoms with van der Waals surface area (Å²) in [5, 5.41) is 3.88. The standard InChI is InChI=1S/C18H12F3N5S.C17H12BrN5S/c19-18(20,21)12-3-1-2-11(10-12)15-14(26-8-9-27-17(26)25-15)5-4-13-6-7-23-16(22)24-13;18-12-3-1-11(2-4-12)15-14(23-9-10-24-17(23)22-15)6-5-13-7-8-20-16(19)21-13/h1-10H,(H2,22,23,24);1-10H,(H2,19,20,21). The van der Waals surface area contributed by atoms with Gasteiger partial charge in [0.15, 0.2) is 9.92 Å². The van der Waals surface area contributed by atoms with Crippen molar-refractivity contribution in [2.75, 3.05) is 11.5 Å². The second-order valence-corrected chi connectivity index (χ2v) is 13.4. The molecule has 0 bridgehead atoms. The van der Waals surface area contributed by atoms with E-state index in [1.165, 1.54) is 23.6 Å². The number of hydrogen-bond donors (Lipinski definition) is 2. The Kier molecular flexibility index (Phi) is 9.44. The van der Waals surface area contributed by atoms with Crippen LogP contribution in [0.1, 0.15) is 28.3 Å². The Labute approximate surface area is 304 Å². The highest BCUT2D eigenvalue weighted by Gasteiger charge is 2.31. The Hall–Kier alpha value is -5.71. The lowest BCUT2D eigenvalue weighted by Crippen LogP contribution is -2.04. The lowest BCUT2D eigenvalue weighted by atomic mass is 10.1. The number of thiazole rings is 2. The van der Waals surface area contributed by atoms with E-state index >= 15 is 0 Å². The summed E-state index contributed by atoms with van der Waals surface area (Å²) in [6.07, 6.45) is 10.00. The summed E-state index contributed by atoms with van der Waals surface area (Å²) in [5.41, 5.74) is 16.4. The van der Waals surface area contributed by atoms with E-state index in [0.717, 1.165) is 44.2 Å². The summed E-state index contributed by atoms with van der Waals surface area (Å²) >= 11 is 6.48. The Balaban J connectivity index is 0.000000160. The van der Waals surface area contributed by atoms with Crippen molar-refractivity contribution in [2.24, 2.45) is 0 Å². The fourth-order valence-corrected chi connectivity index (χ4v) is 6.80. The van der Waals surface area contributed by atoms with Crippen LogP contribution in [0.5, 0.6) is 0 Å². The second-order valence-electron chi connectivity index (χ2n) is 10.7. The molecular formula is C35H24BrF3N10S2. The molecule has 254 valence electrons. The first-order valence-electron chi connectivity index (χ1n) is 15.0. The molecule has 2 aromatic carbocycles. The van der Waals surface area contributed by atoms with Gasteiger partial charge < -0.3 is 11.5 Å². The normalized spacial score (nSPS) is 11.9. The third-order valence-electron chi connectivity index (χ3n) is 7.39. The van der Waals surface area contributed by atoms with E-state index < -0.39 is 11.7 Å². The van der Waals surface area contributed by atoms with Gasteiger partial charge in [0.1, 0.15) is 0 Å². The van der Waals surface area contributed by atoms with Crippen molar-refractivity contribution in [3.05, 3.63) is 129 Å². The highest BCUT2D eigenvalue weighted by molar-refractivity contribution is 9.10. The van der Waals surface area contributed by atoms with E-state index in [0.29, 0.717) is 27.6 Å². The third-order valence-corrected chi connectivity index (χ3v) is 9.44. The van der Waals surface area contributed by atoms with E-state index in [2.05, 4.69) is 57.4 Å². The number of benzene rings is 2. The maximum atomic E-state index is 13.1. The highest BCUT2D eigenvalue weighted by atomic mass is 79.9. The van der Waals surface area contributed by atoms with E-state index in [1.54, 1.807) is 41.8 Å². The molecule has 0 aliphatic rings. The zero-order valence-corrected chi connectivity index (χ0v) is 29.3. The number of fused-ring (bicyclic) bond motifs is 2. The van der Waals surface area contributed by atoms with Crippen molar-refractivity contribution < 1.29 is 13.2 Å². The minimum Gasteiger partial charge on any atom is -0.368 e. The SMILES string of the molecule is Nc1nccc(C=Cc2c(-c3ccc(Br)cc3)nc3sccn23)n1.Nc1nccc(C=Cc2c(-c3cccc(C(F)(F)F)c3)nc3sccn23)n1. The van der Waals surface area contributed by atoms with Crippen LogP contribution >= 0.6 is 38.6 Å². The van der Waals surface area contributed by atoms with Gasteiger partial charge in [0.25, 0.3) is 0 Å². The van der Waals surface area contributed by atoms with Gasteiger partial charge in [0, 0.05) is 51.1 Å². The quantitative estimate of drug-likeness (QED) is 0.170. The van der Waals surface area contributed by atoms with Crippen LogP contribution in [0.2, 0.25) is 0 Å². The summed E-state index contributed by atoms with van der Waals surface area (Å²) in [6, 6.07) is 16.8. The van der Waals surface area contributed by atoms with E-state index in [9.17, 15) is 13.2 Å². The van der Waals surface area contributed by atoms with Crippen molar-refractivity contribution in [1.29, 1.82) is 0 Å². The Morgan fingerprint density at radius 2 is 1.18 bits per heavy atom. The second kappa shape index (κ2) is 14.3. The first kappa shape index (κ1) is 33.8. The number of aromatic nitrogens is 8. The van der Waals surface area contributed by atoms with Gasteiger partial charge in [-0.15, -0.1) is 22.7 Å². The molecule has 0 aliphatic heterocycles. The molecule has 8 rings (SSSR count). The van der Waals surface area contributed by atoms with Gasteiger partial charge in [-0.1, -0.05) is 40.2 Å². The van der Waals surface area contributed by atoms with Crippen LogP contribution in [-0.4, -0.2) is 38.7 Å². The molecule has 0 radical (unpaired) electrons. The smallest absolute Gasteiger partial charge is 0.368 e. The zero-order valence-electron chi connectivity index (χ0n) is 26.1. The van der Waals surface area contributed by atoms with Crippen LogP contribution in [0.4, 0.5) is 25.1 Å². The summed E-state index contributed by atoms with van der Waals surface area (Å²) in [5.74, 6) is 0.406. The first-order valence-corrected chi connectivity index (χ1v) is 17.6. The maximum Gasteiger partial charge on any atom is 0.416 e. The van der Waals surface area contributed by atoms with Crippen molar-refractivity contribution in [2.45, 2.75) is 6.18 Å². The molecule has 0 saturated heterocycles. The summed E-state index contributed by atoms with van der Waals surface area (Å²) in [4.78, 5) is 26.9. The molecule has 0 fully saturated rings. The molecule has 16 heteroatoms. The van der Waals surface area contributed by atoms with Crippen LogP contribution < -0.4 is 11.5 Å². The van der Waals surface area contributed by atoms with Gasteiger partial charge in [0.2, 0.25) is 11.9 Å². The van der Waals surface area contributed by atoms with Gasteiger partial charge in [-0.2, -0.15) is 13.2 Å². The summed E-state index contributed by atoms with van der Waals surface area (Å²) in [6.45, 7) is 0. The average molecular weight is 786 g/mol. The fraction of sp³-hybridized carbons (Fsp3) is 0.0286. The molecule has 0 unspecified atom stereocenters. The van der Waals surface area contributed by atoms with E-state index in [-0.39, 0.29) is 11.9 Å². The van der Waals surface area contributed by atoms with Crippen LogP contribution in [0.15, 0.2) is 101 Å². The van der Waals surface area contributed by atoms with Gasteiger partial charge in [-0.25, -0.2) is 29.9 Å². The summed E-state index contributed by atoms with van der Waals surface area (Å²) in [7, 11) is 0. The molecule has 6 heterocycles. The molecule has 0 saturated carbocycles. The number of nitrogen functional groups attached to an aromatic ring is 2. The number of rotatable bonds is 6. The Morgan fingerprint density at radius 3 is 1.69 bits per heavy atom. The Morgan fingerprint density at radius 1 is 0.647 bits per heavy atom. The van der Waals surface area contributed by atoms with Gasteiger partial charge in [-0.05, 0) is 60.7 Å². The molecule has 0 amide bonds. The number of nitrogens with two attached hydrogens (primary N) is 2. The predicted octanol–water partition coefficient (Wildman–Crippen LogP) is 8.99. The monoisotopic (exact) mass is 784 g/mol. The van der Waals surface area contributed by atoms with Crippen molar-refractivity contribution in [3.63, 3.8) is 0 Å². The topological polar surface area (TPSA) is 138 Å². The molecule has 10 nitrogen and oxygen atoms in total. The van der Waals surface area contributed by atoms with Crippen LogP contribution in [0, 0.1) is 0 Å². The van der Waals surface area contributed by atoms with E-state index in [1.807, 2.05) is 57.9 Å². The fourth-order valence-electron chi connectivity index (χ4n) is 5.09. The summed E-state index contributed by atoms with van der Waals surface area (Å²) < 4.78 is 44.2. The molecule has 6 aromatic heterocycles. The molecule has 51 heavy (non-hydrogen) atoms. The number of halogens is 4. The molecular weight excluding hydrogens is 761 g/mol. The lowest BCUT2D eigenvalue weighted by Gasteiger charge is -2.08. The minimum atomic E-state index is -4.42. The number of alkyl halides is 3. The highest BCUT2D eigenvalue weighted by Crippen LogP contribution is 2.34. The van der Waals surface area contributed by atoms with Crippen molar-refractivity contribution >= 4 is 84.7 Å². The van der Waals surface area contributed by atoms with Crippen LogP contribution in [0.3, 0.4) is 0 Å². The number of nitrogens with zero attached hydrogens (tertiary/aromatic N) is 8. The minimum absolute atomic E-state index is 0.143. The average Bonchev–Trinajstić information content (AvgIpc) is 3.90. The van der Waals surface area contributed by atoms with Crippen LogP contribution in [0.25, 0.3) is 56.7 Å². The molecule has 4 N–H and O–H groups in total. The molecule has 0 spiro atoms. The maximum absolute atomic E-state index is 13.1. The first-order chi connectivity index (χ1) is 24.6. The largest absolute Gasteiger partial charge is 0.416 e. The number of imidazole rings is 2. The van der Waals surface area contributed by atoms with E-state index in [4.69, 9.17) is 16.5 Å². The Bertz CT molecular complexity index is 2530. The number of anilines is 2. The molecule has 0 aliphatic carbocycles.